The average molecular weight is 405 g/mol. The number of Topliss-reactive ketones (excluding diaryl/α,β-unsaturated/α-hetero) is 1. The quantitative estimate of drug-likeness (QED) is 0.681. The zero-order valence-electron chi connectivity index (χ0n) is 17.2. The highest BCUT2D eigenvalue weighted by Gasteiger charge is 2.29. The van der Waals surface area contributed by atoms with Crippen LogP contribution in [0.25, 0.3) is 6.08 Å². The van der Waals surface area contributed by atoms with Crippen LogP contribution in [0.3, 0.4) is 0 Å². The Labute approximate surface area is 175 Å². The highest BCUT2D eigenvalue weighted by Crippen LogP contribution is 2.36. The summed E-state index contributed by atoms with van der Waals surface area (Å²) in [7, 11) is 0. The number of ether oxygens (including phenoxy) is 3. The van der Waals surface area contributed by atoms with Gasteiger partial charge in [-0.3, -0.25) is 4.79 Å². The van der Waals surface area contributed by atoms with Gasteiger partial charge in [-0.25, -0.2) is 4.79 Å². The number of ketones is 1. The third kappa shape index (κ3) is 3.68. The van der Waals surface area contributed by atoms with Crippen molar-refractivity contribution < 1.29 is 23.8 Å². The van der Waals surface area contributed by atoms with Crippen molar-refractivity contribution >= 4 is 18.0 Å². The first-order valence-corrected chi connectivity index (χ1v) is 10.0. The van der Waals surface area contributed by atoms with Gasteiger partial charge in [0.1, 0.15) is 23.4 Å². The van der Waals surface area contributed by atoms with Crippen LogP contribution in [0.2, 0.25) is 0 Å². The van der Waals surface area contributed by atoms with Gasteiger partial charge in [0.15, 0.2) is 5.76 Å². The summed E-state index contributed by atoms with van der Waals surface area (Å²) in [4.78, 5) is 26.5. The van der Waals surface area contributed by atoms with Crippen molar-refractivity contribution in [2.24, 2.45) is 0 Å². The molecule has 0 aromatic heterocycles. The van der Waals surface area contributed by atoms with Crippen LogP contribution >= 0.6 is 0 Å². The number of benzene rings is 2. The van der Waals surface area contributed by atoms with E-state index in [4.69, 9.17) is 14.2 Å². The lowest BCUT2D eigenvalue weighted by Gasteiger charge is -2.22. The molecule has 2 aromatic carbocycles. The molecule has 0 saturated carbocycles. The minimum atomic E-state index is -0.433. The number of hydrogen-bond donors (Lipinski definition) is 0. The highest BCUT2D eigenvalue weighted by molar-refractivity contribution is 6.12. The topological polar surface area (TPSA) is 65.1 Å². The van der Waals surface area contributed by atoms with E-state index < -0.39 is 6.09 Å². The van der Waals surface area contributed by atoms with Gasteiger partial charge in [0.25, 0.3) is 0 Å². The molecule has 1 unspecified atom stereocenters. The molecule has 0 N–H and O–H groups in total. The molecule has 2 heterocycles. The van der Waals surface area contributed by atoms with E-state index in [-0.39, 0.29) is 17.6 Å². The zero-order chi connectivity index (χ0) is 21.3. The van der Waals surface area contributed by atoms with Crippen molar-refractivity contribution in [3.05, 3.63) is 71.0 Å². The molecular weight excluding hydrogens is 382 g/mol. The molecule has 154 valence electrons. The van der Waals surface area contributed by atoms with Crippen LogP contribution in [-0.2, 0) is 0 Å². The van der Waals surface area contributed by atoms with Gasteiger partial charge >= 0.3 is 6.09 Å². The van der Waals surface area contributed by atoms with Crippen LogP contribution in [-0.4, -0.2) is 36.0 Å². The summed E-state index contributed by atoms with van der Waals surface area (Å²) >= 11 is 0. The van der Waals surface area contributed by atoms with Gasteiger partial charge in [0.05, 0.1) is 5.56 Å². The molecule has 2 aliphatic rings. The van der Waals surface area contributed by atoms with Gasteiger partial charge in [0, 0.05) is 24.7 Å². The number of para-hydroxylation sites is 1. The smallest absolute Gasteiger partial charge is 0.415 e. The number of amides is 1. The number of carbonyl (C=O) groups is 2. The Morgan fingerprint density at radius 3 is 2.67 bits per heavy atom. The Bertz CT molecular complexity index is 1070. The number of rotatable bonds is 4. The molecule has 0 fully saturated rings. The Morgan fingerprint density at radius 1 is 1.13 bits per heavy atom. The molecular formula is C24H23NO5. The van der Waals surface area contributed by atoms with Gasteiger partial charge < -0.3 is 19.1 Å². The maximum Gasteiger partial charge on any atom is 0.415 e. The van der Waals surface area contributed by atoms with Gasteiger partial charge in [-0.1, -0.05) is 18.2 Å². The molecule has 2 aromatic rings. The second-order valence-electron chi connectivity index (χ2n) is 7.08. The van der Waals surface area contributed by atoms with Crippen LogP contribution in [0.4, 0.5) is 4.79 Å². The molecule has 6 heteroatoms. The van der Waals surface area contributed by atoms with Crippen molar-refractivity contribution in [2.45, 2.75) is 26.9 Å². The molecule has 0 saturated heterocycles. The first kappa shape index (κ1) is 19.8. The van der Waals surface area contributed by atoms with Crippen LogP contribution < -0.4 is 14.2 Å². The fraction of sp³-hybridized carbons (Fsp3) is 0.250. The van der Waals surface area contributed by atoms with E-state index in [1.54, 1.807) is 29.2 Å². The van der Waals surface area contributed by atoms with Crippen molar-refractivity contribution in [2.75, 3.05) is 13.1 Å². The first-order chi connectivity index (χ1) is 14.5. The van der Waals surface area contributed by atoms with Gasteiger partial charge in [-0.15, -0.1) is 0 Å². The Morgan fingerprint density at radius 2 is 1.90 bits per heavy atom. The second kappa shape index (κ2) is 8.06. The molecule has 6 nitrogen and oxygen atoms in total. The molecule has 0 bridgehead atoms. The third-order valence-electron chi connectivity index (χ3n) is 5.18. The monoisotopic (exact) mass is 405 g/mol. The van der Waals surface area contributed by atoms with E-state index in [1.165, 1.54) is 0 Å². The van der Waals surface area contributed by atoms with Gasteiger partial charge in [-0.2, -0.15) is 0 Å². The van der Waals surface area contributed by atoms with Crippen molar-refractivity contribution in [3.63, 3.8) is 0 Å². The number of fused-ring (bicyclic) bond motifs is 2. The van der Waals surface area contributed by atoms with Gasteiger partial charge in [-0.05, 0) is 56.7 Å². The standard InChI is InChI=1S/C24H23NO5/c1-4-25(5-2)24(27)29-18-10-11-19-21(14-18)30-22(23(19)26)13-17-12-16-8-6-7-9-20(16)28-15(17)3/h6-15H,4-5H2,1-3H3/b22-13-. The number of hydrogen-bond acceptors (Lipinski definition) is 5. The van der Waals surface area contributed by atoms with E-state index in [0.29, 0.717) is 30.2 Å². The summed E-state index contributed by atoms with van der Waals surface area (Å²) in [5.74, 6) is 1.54. The Balaban J connectivity index is 1.57. The average Bonchev–Trinajstić information content (AvgIpc) is 3.04. The number of allylic oxidation sites excluding steroid dienone is 1. The minimum absolute atomic E-state index is 0.210. The largest absolute Gasteiger partial charge is 0.485 e. The summed E-state index contributed by atoms with van der Waals surface area (Å²) in [6, 6.07) is 12.5. The molecule has 1 atom stereocenters. The number of nitrogens with zero attached hydrogens (tertiary/aromatic N) is 1. The summed E-state index contributed by atoms with van der Waals surface area (Å²) < 4.78 is 17.1. The van der Waals surface area contributed by atoms with Crippen molar-refractivity contribution in [1.82, 2.24) is 4.90 Å². The minimum Gasteiger partial charge on any atom is -0.485 e. The Kier molecular flexibility index (Phi) is 5.31. The van der Waals surface area contributed by atoms with Crippen LogP contribution in [0.15, 0.2) is 59.9 Å². The first-order valence-electron chi connectivity index (χ1n) is 10.0. The van der Waals surface area contributed by atoms with E-state index in [1.807, 2.05) is 51.1 Å². The lowest BCUT2D eigenvalue weighted by molar-refractivity contribution is 0.101. The maximum absolute atomic E-state index is 12.8. The van der Waals surface area contributed by atoms with Crippen LogP contribution in [0.1, 0.15) is 36.7 Å². The Hall–Kier alpha value is -3.54. The highest BCUT2D eigenvalue weighted by atomic mass is 16.6. The number of carbonyl (C=O) groups excluding carboxylic acids is 2. The van der Waals surface area contributed by atoms with Crippen LogP contribution in [0.5, 0.6) is 17.2 Å². The molecule has 4 rings (SSSR count). The predicted octanol–water partition coefficient (Wildman–Crippen LogP) is 4.85. The van der Waals surface area contributed by atoms with E-state index in [9.17, 15) is 9.59 Å². The third-order valence-corrected chi connectivity index (χ3v) is 5.18. The van der Waals surface area contributed by atoms with Crippen molar-refractivity contribution in [1.29, 1.82) is 0 Å². The molecule has 0 radical (unpaired) electrons. The zero-order valence-corrected chi connectivity index (χ0v) is 17.2. The predicted molar refractivity (Wildman–Crippen MR) is 113 cm³/mol. The summed E-state index contributed by atoms with van der Waals surface area (Å²) in [5, 5.41) is 0. The second-order valence-corrected chi connectivity index (χ2v) is 7.08. The SMILES string of the molecule is CCN(CC)C(=O)Oc1ccc2c(c1)O/C(=C\C1=Cc3ccccc3OC1C)C2=O. The summed E-state index contributed by atoms with van der Waals surface area (Å²) in [5.41, 5.74) is 2.24. The van der Waals surface area contributed by atoms with Gasteiger partial charge in [0.2, 0.25) is 5.78 Å². The molecule has 30 heavy (non-hydrogen) atoms. The molecule has 2 aliphatic heterocycles. The molecule has 0 aliphatic carbocycles. The van der Waals surface area contributed by atoms with E-state index in [0.717, 1.165) is 16.9 Å². The fourth-order valence-electron chi connectivity index (χ4n) is 3.45. The normalized spacial score (nSPS) is 18.1. The lowest BCUT2D eigenvalue weighted by Crippen LogP contribution is -2.33. The molecule has 0 spiro atoms. The van der Waals surface area contributed by atoms with E-state index in [2.05, 4.69) is 0 Å². The summed E-state index contributed by atoms with van der Waals surface area (Å²) in [6.07, 6.45) is 3.06. The van der Waals surface area contributed by atoms with Crippen molar-refractivity contribution in [3.8, 4) is 17.2 Å². The maximum atomic E-state index is 12.8. The van der Waals surface area contributed by atoms with Crippen LogP contribution in [0, 0.1) is 0 Å². The van der Waals surface area contributed by atoms with E-state index >= 15 is 0 Å². The fourth-order valence-corrected chi connectivity index (χ4v) is 3.45. The lowest BCUT2D eigenvalue weighted by atomic mass is 10.0. The molecule has 1 amide bonds. The summed E-state index contributed by atoms with van der Waals surface area (Å²) in [6.45, 7) is 6.81.